The molecule has 1 amide bonds. The first kappa shape index (κ1) is 15.7. The highest BCUT2D eigenvalue weighted by atomic mass is 16.3. The zero-order valence-electron chi connectivity index (χ0n) is 14.3. The number of hydrogen-bond acceptors (Lipinski definition) is 3. The highest BCUT2D eigenvalue weighted by Gasteiger charge is 2.51. The fraction of sp³-hybridized carbons (Fsp3) is 0.600. The molecule has 5 rings (SSSR count). The maximum atomic E-state index is 12.5. The summed E-state index contributed by atoms with van der Waals surface area (Å²) < 4.78 is 0. The normalized spacial score (nSPS) is 34.4. The summed E-state index contributed by atoms with van der Waals surface area (Å²) in [5.41, 5.74) is 4.25. The van der Waals surface area contributed by atoms with Gasteiger partial charge in [-0.1, -0.05) is 12.1 Å². The summed E-state index contributed by atoms with van der Waals surface area (Å²) in [6.45, 7) is 1.81. The third-order valence-electron chi connectivity index (χ3n) is 6.34. The van der Waals surface area contributed by atoms with Gasteiger partial charge in [0, 0.05) is 12.0 Å². The Labute approximate surface area is 143 Å². The molecule has 0 atom stereocenters. The lowest BCUT2D eigenvalue weighted by molar-refractivity contribution is -0.129. The van der Waals surface area contributed by atoms with Gasteiger partial charge in [0.2, 0.25) is 5.91 Å². The first-order chi connectivity index (χ1) is 11.5. The Balaban J connectivity index is 1.40. The van der Waals surface area contributed by atoms with Gasteiger partial charge in [-0.15, -0.1) is 0 Å². The summed E-state index contributed by atoms with van der Waals surface area (Å²) in [6.07, 6.45) is 8.48. The number of rotatable bonds is 4. The Morgan fingerprint density at radius 3 is 2.33 bits per heavy atom. The molecule has 0 radical (unpaired) electrons. The molecule has 4 fully saturated rings. The number of phenols is 1. The lowest BCUT2D eigenvalue weighted by Gasteiger charge is -2.56. The van der Waals surface area contributed by atoms with Crippen molar-refractivity contribution in [1.29, 1.82) is 0 Å². The van der Waals surface area contributed by atoms with Crippen LogP contribution >= 0.6 is 0 Å². The smallest absolute Gasteiger partial charge is 0.240 e. The Hall–Kier alpha value is -1.84. The van der Waals surface area contributed by atoms with E-state index in [1.54, 1.807) is 25.1 Å². The van der Waals surface area contributed by atoms with Gasteiger partial charge in [-0.3, -0.25) is 4.79 Å². The maximum absolute atomic E-state index is 12.5. The van der Waals surface area contributed by atoms with E-state index in [0.717, 1.165) is 17.8 Å². The summed E-state index contributed by atoms with van der Waals surface area (Å²) in [7, 11) is 0. The van der Waals surface area contributed by atoms with Crippen LogP contribution in [0.4, 0.5) is 0 Å². The van der Waals surface area contributed by atoms with Crippen molar-refractivity contribution in [3.63, 3.8) is 0 Å². The summed E-state index contributed by atoms with van der Waals surface area (Å²) in [4.78, 5) is 12.5. The first-order valence-corrected chi connectivity index (χ1v) is 9.14. The van der Waals surface area contributed by atoms with Crippen molar-refractivity contribution in [2.45, 2.75) is 51.9 Å². The number of carbonyl (C=O) groups is 1. The number of nitrogens with one attached hydrogen (secondary N) is 1. The Bertz CT molecular complexity index is 645. The number of nitrogens with zero attached hydrogens (tertiary/aromatic N) is 1. The van der Waals surface area contributed by atoms with Gasteiger partial charge in [-0.05, 0) is 80.8 Å². The standard InChI is InChI=1S/C20H26N2O2/c1-13(17-4-2-3-5-18(17)23)21-22-19(24)12-20-9-14-6-15(10-20)8-16(7-14)11-20/h2-5,14-16,23H,6-12H2,1H3,(H,22,24)/b21-13+. The van der Waals surface area contributed by atoms with E-state index in [2.05, 4.69) is 10.5 Å². The SMILES string of the molecule is C/C(=N\NC(=O)CC12CC3CC(CC(C3)C1)C2)c1ccccc1O. The number of para-hydroxylation sites is 1. The molecule has 4 bridgehead atoms. The van der Waals surface area contributed by atoms with E-state index in [1.165, 1.54) is 38.5 Å². The molecule has 1 aromatic carbocycles. The molecule has 2 N–H and O–H groups in total. The van der Waals surface area contributed by atoms with Crippen molar-refractivity contribution < 1.29 is 9.90 Å². The topological polar surface area (TPSA) is 61.7 Å². The predicted octanol–water partition coefficient (Wildman–Crippen LogP) is 3.84. The van der Waals surface area contributed by atoms with Gasteiger partial charge in [0.25, 0.3) is 0 Å². The van der Waals surface area contributed by atoms with Crippen LogP contribution in [0, 0.1) is 23.2 Å². The van der Waals surface area contributed by atoms with E-state index < -0.39 is 0 Å². The molecule has 1 aromatic rings. The van der Waals surface area contributed by atoms with Crippen molar-refractivity contribution in [2.75, 3.05) is 0 Å². The Morgan fingerprint density at radius 1 is 1.17 bits per heavy atom. The number of hydrogen-bond donors (Lipinski definition) is 2. The number of hydrazone groups is 1. The van der Waals surface area contributed by atoms with E-state index >= 15 is 0 Å². The zero-order valence-corrected chi connectivity index (χ0v) is 14.3. The molecule has 0 aliphatic heterocycles. The Kier molecular flexibility index (Phi) is 3.86. The number of phenolic OH excluding ortho intramolecular Hbond substituents is 1. The third kappa shape index (κ3) is 2.94. The summed E-state index contributed by atoms with van der Waals surface area (Å²) in [6, 6.07) is 7.06. The minimum absolute atomic E-state index is 0.0201. The molecule has 0 saturated heterocycles. The molecular weight excluding hydrogens is 300 g/mol. The van der Waals surface area contributed by atoms with Gasteiger partial charge in [0.15, 0.2) is 0 Å². The summed E-state index contributed by atoms with van der Waals surface area (Å²) in [5.74, 6) is 2.78. The van der Waals surface area contributed by atoms with Crippen molar-refractivity contribution in [3.8, 4) is 5.75 Å². The quantitative estimate of drug-likeness (QED) is 0.652. The first-order valence-electron chi connectivity index (χ1n) is 9.14. The molecule has 4 saturated carbocycles. The van der Waals surface area contributed by atoms with Crippen LogP contribution in [0.2, 0.25) is 0 Å². The predicted molar refractivity (Wildman–Crippen MR) is 93.7 cm³/mol. The molecule has 0 aromatic heterocycles. The van der Waals surface area contributed by atoms with Gasteiger partial charge in [-0.2, -0.15) is 5.10 Å². The van der Waals surface area contributed by atoms with Crippen molar-refractivity contribution in [1.82, 2.24) is 5.43 Å². The summed E-state index contributed by atoms with van der Waals surface area (Å²) >= 11 is 0. The monoisotopic (exact) mass is 326 g/mol. The van der Waals surface area contributed by atoms with Crippen molar-refractivity contribution in [3.05, 3.63) is 29.8 Å². The number of carbonyl (C=O) groups excluding carboxylic acids is 1. The van der Waals surface area contributed by atoms with Gasteiger partial charge < -0.3 is 5.11 Å². The molecule has 0 unspecified atom stereocenters. The van der Waals surface area contributed by atoms with Crippen LogP contribution in [-0.2, 0) is 4.79 Å². The van der Waals surface area contributed by atoms with Crippen LogP contribution in [0.1, 0.15) is 57.4 Å². The molecule has 0 heterocycles. The fourth-order valence-corrected chi connectivity index (χ4v) is 5.87. The van der Waals surface area contributed by atoms with E-state index in [9.17, 15) is 9.90 Å². The largest absolute Gasteiger partial charge is 0.507 e. The van der Waals surface area contributed by atoms with Crippen LogP contribution < -0.4 is 5.43 Å². The second kappa shape index (κ2) is 5.91. The molecule has 4 nitrogen and oxygen atoms in total. The van der Waals surface area contributed by atoms with E-state index in [1.807, 2.05) is 6.07 Å². The second-order valence-electron chi connectivity index (χ2n) is 8.34. The number of amides is 1. The lowest BCUT2D eigenvalue weighted by Crippen LogP contribution is -2.47. The molecule has 4 aliphatic rings. The van der Waals surface area contributed by atoms with Crippen LogP contribution in [-0.4, -0.2) is 16.7 Å². The number of aromatic hydroxyl groups is 1. The van der Waals surface area contributed by atoms with Crippen LogP contribution in [0.15, 0.2) is 29.4 Å². The van der Waals surface area contributed by atoms with E-state index in [4.69, 9.17) is 0 Å². The average Bonchev–Trinajstić information content (AvgIpc) is 2.51. The van der Waals surface area contributed by atoms with Crippen molar-refractivity contribution in [2.24, 2.45) is 28.3 Å². The van der Waals surface area contributed by atoms with E-state index in [-0.39, 0.29) is 17.1 Å². The van der Waals surface area contributed by atoms with Crippen molar-refractivity contribution >= 4 is 11.6 Å². The molecule has 0 spiro atoms. The van der Waals surface area contributed by atoms with Gasteiger partial charge >= 0.3 is 0 Å². The Morgan fingerprint density at radius 2 is 1.75 bits per heavy atom. The van der Waals surface area contributed by atoms with Gasteiger partial charge in [0.05, 0.1) is 5.71 Å². The zero-order chi connectivity index (χ0) is 16.7. The summed E-state index contributed by atoms with van der Waals surface area (Å²) in [5, 5.41) is 14.1. The molecule has 24 heavy (non-hydrogen) atoms. The van der Waals surface area contributed by atoms with Crippen LogP contribution in [0.3, 0.4) is 0 Å². The molecular formula is C20H26N2O2. The van der Waals surface area contributed by atoms with E-state index in [0.29, 0.717) is 17.7 Å². The highest BCUT2D eigenvalue weighted by Crippen LogP contribution is 2.61. The lowest BCUT2D eigenvalue weighted by atomic mass is 9.49. The van der Waals surface area contributed by atoms with Crippen LogP contribution in [0.5, 0.6) is 5.75 Å². The molecule has 4 heteroatoms. The number of benzene rings is 1. The molecule has 128 valence electrons. The third-order valence-corrected chi connectivity index (χ3v) is 6.34. The maximum Gasteiger partial charge on any atom is 0.240 e. The van der Waals surface area contributed by atoms with Crippen LogP contribution in [0.25, 0.3) is 0 Å². The molecule has 4 aliphatic carbocycles. The second-order valence-corrected chi connectivity index (χ2v) is 8.34. The van der Waals surface area contributed by atoms with Gasteiger partial charge in [0.1, 0.15) is 5.75 Å². The highest BCUT2D eigenvalue weighted by molar-refractivity contribution is 6.01. The minimum Gasteiger partial charge on any atom is -0.507 e. The fourth-order valence-electron chi connectivity index (χ4n) is 5.87. The minimum atomic E-state index is 0.0201. The van der Waals surface area contributed by atoms with Gasteiger partial charge in [-0.25, -0.2) is 5.43 Å². The average molecular weight is 326 g/mol.